The number of pyridine rings is 1. The molecule has 1 atom stereocenters. The van der Waals surface area contributed by atoms with Crippen LogP contribution in [0.15, 0.2) is 58.4 Å². The molecule has 1 amide bonds. The normalized spacial score (nSPS) is 20.1. The van der Waals surface area contributed by atoms with Gasteiger partial charge in [0.05, 0.1) is 17.0 Å². The molecule has 4 heterocycles. The first-order valence-corrected chi connectivity index (χ1v) is 12.8. The first-order valence-electron chi connectivity index (χ1n) is 11.2. The summed E-state index contributed by atoms with van der Waals surface area (Å²) in [7, 11) is 0. The van der Waals surface area contributed by atoms with Gasteiger partial charge in [-0.15, -0.1) is 0 Å². The number of rotatable bonds is 4. The van der Waals surface area contributed by atoms with E-state index in [2.05, 4.69) is 11.8 Å². The van der Waals surface area contributed by atoms with Crippen molar-refractivity contribution in [3.8, 4) is 0 Å². The number of piperidine rings is 1. The van der Waals surface area contributed by atoms with E-state index in [4.69, 9.17) is 28.8 Å². The number of thiocarbonyl (C=S) groups is 1. The van der Waals surface area contributed by atoms with Gasteiger partial charge in [-0.3, -0.25) is 18.9 Å². The smallest absolute Gasteiger partial charge is 0.267 e. The summed E-state index contributed by atoms with van der Waals surface area (Å²) in [5.74, 6) is 0.393. The van der Waals surface area contributed by atoms with Crippen LogP contribution in [0.25, 0.3) is 11.7 Å². The van der Waals surface area contributed by atoms with Gasteiger partial charge in [-0.05, 0) is 56.0 Å². The number of thioether (sulfide) groups is 1. The molecule has 2 aliphatic heterocycles. The van der Waals surface area contributed by atoms with Crippen LogP contribution >= 0.6 is 35.6 Å². The number of benzene rings is 1. The summed E-state index contributed by atoms with van der Waals surface area (Å²) in [6, 6.07) is 13.1. The molecule has 2 aliphatic rings. The molecule has 1 aromatic carbocycles. The number of aromatic nitrogens is 2. The van der Waals surface area contributed by atoms with Crippen LogP contribution in [0.3, 0.4) is 0 Å². The third kappa shape index (κ3) is 4.26. The van der Waals surface area contributed by atoms with Gasteiger partial charge in [0.2, 0.25) is 0 Å². The highest BCUT2D eigenvalue weighted by Gasteiger charge is 2.34. The third-order valence-corrected chi connectivity index (χ3v) is 8.01. The van der Waals surface area contributed by atoms with Crippen LogP contribution in [0.5, 0.6) is 0 Å². The molecule has 2 fully saturated rings. The van der Waals surface area contributed by atoms with Crippen LogP contribution in [0.4, 0.5) is 5.82 Å². The summed E-state index contributed by atoms with van der Waals surface area (Å²) < 4.78 is 1.96. The van der Waals surface area contributed by atoms with Crippen molar-refractivity contribution < 1.29 is 4.79 Å². The summed E-state index contributed by atoms with van der Waals surface area (Å²) in [4.78, 5) is 35.9. The van der Waals surface area contributed by atoms with Crippen molar-refractivity contribution in [1.29, 1.82) is 0 Å². The van der Waals surface area contributed by atoms with Gasteiger partial charge in [-0.1, -0.05) is 59.8 Å². The van der Waals surface area contributed by atoms with Gasteiger partial charge in [0.15, 0.2) is 0 Å². The van der Waals surface area contributed by atoms with Gasteiger partial charge >= 0.3 is 0 Å². The Bertz CT molecular complexity index is 1390. The zero-order chi connectivity index (χ0) is 23.8. The Morgan fingerprint density at radius 2 is 1.97 bits per heavy atom. The molecule has 2 aromatic heterocycles. The lowest BCUT2D eigenvalue weighted by molar-refractivity contribution is -0.122. The molecule has 5 rings (SSSR count). The standard InChI is InChI=1S/C25H23ClN4O2S2/c1-16-8-4-6-12-28(16)22-18(23(31)29-13-7-5-11-21(29)27-22)14-20-24(32)30(25(33)34-20)15-17-9-2-3-10-19(17)26/h2-3,5,7,9-11,13-14,16H,4,6,8,12,15H2,1H3/b20-14+. The van der Waals surface area contributed by atoms with Crippen LogP contribution in [-0.4, -0.2) is 37.1 Å². The number of hydrogen-bond donors (Lipinski definition) is 0. The molecule has 6 nitrogen and oxygen atoms in total. The largest absolute Gasteiger partial charge is 0.353 e. The van der Waals surface area contributed by atoms with E-state index < -0.39 is 0 Å². The molecule has 0 saturated carbocycles. The highest BCUT2D eigenvalue weighted by atomic mass is 35.5. The highest BCUT2D eigenvalue weighted by molar-refractivity contribution is 8.26. The number of nitrogens with zero attached hydrogens (tertiary/aromatic N) is 4. The van der Waals surface area contributed by atoms with Crippen molar-refractivity contribution >= 4 is 63.3 Å². The monoisotopic (exact) mass is 510 g/mol. The van der Waals surface area contributed by atoms with E-state index in [0.29, 0.717) is 31.3 Å². The van der Waals surface area contributed by atoms with Crippen molar-refractivity contribution in [3.63, 3.8) is 0 Å². The quantitative estimate of drug-likeness (QED) is 0.358. The Balaban J connectivity index is 1.58. The van der Waals surface area contributed by atoms with E-state index in [1.165, 1.54) is 21.1 Å². The van der Waals surface area contributed by atoms with Gasteiger partial charge in [0.1, 0.15) is 15.8 Å². The van der Waals surface area contributed by atoms with Gasteiger partial charge in [-0.2, -0.15) is 0 Å². The molecule has 0 N–H and O–H groups in total. The summed E-state index contributed by atoms with van der Waals surface area (Å²) in [6.45, 7) is 3.26. The maximum absolute atomic E-state index is 13.6. The molecule has 0 bridgehead atoms. The molecule has 0 radical (unpaired) electrons. The molecule has 1 unspecified atom stereocenters. The molecular weight excluding hydrogens is 488 g/mol. The molecule has 174 valence electrons. The lowest BCUT2D eigenvalue weighted by atomic mass is 10.0. The summed E-state index contributed by atoms with van der Waals surface area (Å²) >= 11 is 13.0. The minimum atomic E-state index is -0.231. The van der Waals surface area contributed by atoms with Crippen molar-refractivity contribution in [1.82, 2.24) is 14.3 Å². The van der Waals surface area contributed by atoms with Crippen LogP contribution in [-0.2, 0) is 11.3 Å². The van der Waals surface area contributed by atoms with Crippen LogP contribution in [0.2, 0.25) is 5.02 Å². The second kappa shape index (κ2) is 9.52. The molecule has 34 heavy (non-hydrogen) atoms. The highest BCUT2D eigenvalue weighted by Crippen LogP contribution is 2.36. The van der Waals surface area contributed by atoms with E-state index >= 15 is 0 Å². The van der Waals surface area contributed by atoms with Gasteiger partial charge < -0.3 is 4.90 Å². The molecule has 9 heteroatoms. The predicted molar refractivity (Wildman–Crippen MR) is 142 cm³/mol. The van der Waals surface area contributed by atoms with Gasteiger partial charge in [0.25, 0.3) is 11.5 Å². The second-order valence-corrected chi connectivity index (χ2v) is 10.6. The first kappa shape index (κ1) is 23.1. The predicted octanol–water partition coefficient (Wildman–Crippen LogP) is 5.13. The summed E-state index contributed by atoms with van der Waals surface area (Å²) in [5, 5.41) is 0.582. The lowest BCUT2D eigenvalue weighted by Crippen LogP contribution is -2.40. The summed E-state index contributed by atoms with van der Waals surface area (Å²) in [5.41, 5.74) is 1.62. The SMILES string of the molecule is CC1CCCCN1c1nc2ccccn2c(=O)c1/C=C1/SC(=S)N(Cc2ccccc2Cl)C1=O. The number of hydrogen-bond acceptors (Lipinski definition) is 6. The number of fused-ring (bicyclic) bond motifs is 1. The van der Waals surface area contributed by atoms with E-state index in [-0.39, 0.29) is 24.1 Å². The fourth-order valence-corrected chi connectivity index (χ4v) is 5.85. The van der Waals surface area contributed by atoms with Crippen LogP contribution in [0, 0.1) is 0 Å². The minimum Gasteiger partial charge on any atom is -0.353 e. The number of carbonyl (C=O) groups is 1. The van der Waals surface area contributed by atoms with Gasteiger partial charge in [0, 0.05) is 23.8 Å². The lowest BCUT2D eigenvalue weighted by Gasteiger charge is -2.35. The molecule has 0 aliphatic carbocycles. The van der Waals surface area contributed by atoms with E-state index in [1.807, 2.05) is 30.3 Å². The van der Waals surface area contributed by atoms with Crippen molar-refractivity contribution in [3.05, 3.63) is 80.1 Å². The Kier molecular flexibility index (Phi) is 6.46. The zero-order valence-corrected chi connectivity index (χ0v) is 21.0. The van der Waals surface area contributed by atoms with Crippen molar-refractivity contribution in [2.24, 2.45) is 0 Å². The van der Waals surface area contributed by atoms with Crippen molar-refractivity contribution in [2.75, 3.05) is 11.4 Å². The zero-order valence-electron chi connectivity index (χ0n) is 18.6. The Labute approximate surface area is 212 Å². The molecule has 2 saturated heterocycles. The van der Waals surface area contributed by atoms with Gasteiger partial charge in [-0.25, -0.2) is 4.98 Å². The topological polar surface area (TPSA) is 57.9 Å². The number of halogens is 1. The minimum absolute atomic E-state index is 0.199. The van der Waals surface area contributed by atoms with Crippen LogP contribution in [0.1, 0.15) is 37.3 Å². The number of amides is 1. The van der Waals surface area contributed by atoms with Crippen LogP contribution < -0.4 is 10.5 Å². The maximum Gasteiger partial charge on any atom is 0.267 e. The fraction of sp³-hybridized carbons (Fsp3) is 0.280. The number of anilines is 1. The number of carbonyl (C=O) groups excluding carboxylic acids is 1. The van der Waals surface area contributed by atoms with E-state index in [1.54, 1.807) is 24.4 Å². The Morgan fingerprint density at radius 3 is 2.76 bits per heavy atom. The third-order valence-electron chi connectivity index (χ3n) is 6.26. The van der Waals surface area contributed by atoms with E-state index in [9.17, 15) is 9.59 Å². The second-order valence-electron chi connectivity index (χ2n) is 8.48. The molecular formula is C25H23ClN4O2S2. The molecule has 3 aromatic rings. The van der Waals surface area contributed by atoms with E-state index in [0.717, 1.165) is 31.4 Å². The Morgan fingerprint density at radius 1 is 1.18 bits per heavy atom. The molecule has 0 spiro atoms. The average molecular weight is 511 g/mol. The average Bonchev–Trinajstić information content (AvgIpc) is 3.10. The summed E-state index contributed by atoms with van der Waals surface area (Å²) in [6.07, 6.45) is 6.60. The Hall–Kier alpha value is -2.68. The fourth-order valence-electron chi connectivity index (χ4n) is 4.41. The maximum atomic E-state index is 13.6. The van der Waals surface area contributed by atoms with Crippen molar-refractivity contribution in [2.45, 2.75) is 38.8 Å². The first-order chi connectivity index (χ1) is 16.4.